The number of aldehydes is 1. The minimum atomic E-state index is -0.405. The summed E-state index contributed by atoms with van der Waals surface area (Å²) in [5.41, 5.74) is 6.02. The molecule has 0 radical (unpaired) electrons. The highest BCUT2D eigenvalue weighted by atomic mass is 32.1. The Balaban J connectivity index is 0.000000285. The number of hydrogen-bond acceptors (Lipinski definition) is 8. The highest BCUT2D eigenvalue weighted by Gasteiger charge is 2.38. The molecule has 2 heterocycles. The molecule has 1 aromatic heterocycles. The third-order valence-electron chi connectivity index (χ3n) is 6.02. The smallest absolute Gasteiger partial charge is 0.243 e. The molecule has 0 saturated carbocycles. The minimum absolute atomic E-state index is 0.0287. The quantitative estimate of drug-likeness (QED) is 0.146. The van der Waals surface area contributed by atoms with Crippen LogP contribution >= 0.6 is 11.3 Å². The summed E-state index contributed by atoms with van der Waals surface area (Å²) in [6.07, 6.45) is 2.29. The number of hydrogen-bond donors (Lipinski definition) is 5. The van der Waals surface area contributed by atoms with Gasteiger partial charge >= 0.3 is 0 Å². The van der Waals surface area contributed by atoms with Crippen molar-refractivity contribution in [1.82, 2.24) is 15.5 Å². The first-order valence-electron chi connectivity index (χ1n) is 12.8. The molecular formula is C29H36FN5O5S. The molecular weight excluding hydrogens is 549 g/mol. The summed E-state index contributed by atoms with van der Waals surface area (Å²) in [5.74, 6) is 0.714. The maximum Gasteiger partial charge on any atom is 0.243 e. The molecule has 41 heavy (non-hydrogen) atoms. The number of rotatable bonds is 9. The average Bonchev–Trinajstić information content (AvgIpc) is 3.62. The highest BCUT2D eigenvalue weighted by molar-refractivity contribution is 7.14. The van der Waals surface area contributed by atoms with E-state index in [1.54, 1.807) is 54.4 Å². The monoisotopic (exact) mass is 585 g/mol. The van der Waals surface area contributed by atoms with Gasteiger partial charge in [-0.1, -0.05) is 0 Å². The zero-order valence-corrected chi connectivity index (χ0v) is 24.0. The fourth-order valence-electron chi connectivity index (χ4n) is 4.07. The number of carbonyl (C=O) groups is 3. The van der Waals surface area contributed by atoms with Gasteiger partial charge in [0.1, 0.15) is 35.5 Å². The number of aliphatic hydroxyl groups excluding tert-OH is 1. The van der Waals surface area contributed by atoms with Crippen molar-refractivity contribution in [1.29, 1.82) is 5.41 Å². The zero-order valence-electron chi connectivity index (χ0n) is 23.2. The van der Waals surface area contributed by atoms with Crippen LogP contribution in [0.4, 0.5) is 4.39 Å². The van der Waals surface area contributed by atoms with Crippen LogP contribution in [-0.4, -0.2) is 66.7 Å². The van der Waals surface area contributed by atoms with Crippen LogP contribution in [0.5, 0.6) is 11.5 Å². The minimum Gasteiger partial charge on any atom is -0.457 e. The Labute approximate surface area is 242 Å². The molecule has 1 aliphatic heterocycles. The van der Waals surface area contributed by atoms with Crippen LogP contribution < -0.4 is 21.1 Å². The highest BCUT2D eigenvalue weighted by Crippen LogP contribution is 2.25. The number of carbonyl (C=O) groups excluding carboxylic acids is 3. The summed E-state index contributed by atoms with van der Waals surface area (Å²) in [4.78, 5) is 38.3. The van der Waals surface area contributed by atoms with Crippen LogP contribution in [0, 0.1) is 11.2 Å². The lowest BCUT2D eigenvalue weighted by Crippen LogP contribution is -2.50. The van der Waals surface area contributed by atoms with E-state index in [2.05, 4.69) is 10.6 Å². The van der Waals surface area contributed by atoms with Crippen molar-refractivity contribution in [3.8, 4) is 11.5 Å². The molecule has 220 valence electrons. The van der Waals surface area contributed by atoms with E-state index in [9.17, 15) is 18.8 Å². The zero-order chi connectivity index (χ0) is 30.4. The normalized spacial score (nSPS) is 15.5. The maximum absolute atomic E-state index is 12.6. The van der Waals surface area contributed by atoms with E-state index in [4.69, 9.17) is 21.0 Å². The van der Waals surface area contributed by atoms with E-state index in [1.807, 2.05) is 13.0 Å². The van der Waals surface area contributed by atoms with Gasteiger partial charge in [0.25, 0.3) is 0 Å². The Kier molecular flexibility index (Phi) is 13.6. The molecule has 3 aromatic rings. The number of aliphatic hydroxyl groups is 1. The number of thiophene rings is 1. The first-order chi connectivity index (χ1) is 19.7. The largest absolute Gasteiger partial charge is 0.457 e. The topological polar surface area (TPSA) is 158 Å². The molecule has 10 nitrogen and oxygen atoms in total. The van der Waals surface area contributed by atoms with Gasteiger partial charge in [-0.2, -0.15) is 0 Å². The van der Waals surface area contributed by atoms with Gasteiger partial charge in [0.15, 0.2) is 0 Å². The maximum atomic E-state index is 12.6. The molecule has 12 heteroatoms. The van der Waals surface area contributed by atoms with Gasteiger partial charge in [0, 0.05) is 23.6 Å². The molecule has 0 bridgehead atoms. The molecule has 1 aliphatic rings. The second-order valence-corrected chi connectivity index (χ2v) is 10.1. The summed E-state index contributed by atoms with van der Waals surface area (Å²) in [7, 11) is 2.72. The van der Waals surface area contributed by atoms with Gasteiger partial charge in [0.05, 0.1) is 18.0 Å². The third-order valence-corrected chi connectivity index (χ3v) is 7.14. The number of halogens is 1. The van der Waals surface area contributed by atoms with Crippen molar-refractivity contribution < 1.29 is 28.6 Å². The predicted octanol–water partition coefficient (Wildman–Crippen LogP) is 3.29. The van der Waals surface area contributed by atoms with E-state index in [1.165, 1.54) is 23.5 Å². The molecule has 6 N–H and O–H groups in total. The first-order valence-corrected chi connectivity index (χ1v) is 13.6. The third kappa shape index (κ3) is 10.1. The number of amidine groups is 1. The Hall–Kier alpha value is -4.13. The van der Waals surface area contributed by atoms with E-state index in [0.29, 0.717) is 34.9 Å². The van der Waals surface area contributed by atoms with Crippen molar-refractivity contribution in [3.05, 3.63) is 81.8 Å². The Morgan fingerprint density at radius 1 is 1.10 bits per heavy atom. The number of amides is 2. The van der Waals surface area contributed by atoms with Gasteiger partial charge in [-0.15, -0.1) is 11.3 Å². The molecule has 1 fully saturated rings. The standard InChI is InChI=1S/C15H23N5O2S.C13H9FO2.CH4O/c1-9-3-5-11(20(9)13(21)8-18-2)15(22)19-7-10-4-6-12(23-10)14(16)17;14-11-3-7-13(8-4-11)16-12-5-1-10(9-15)2-6-12;1-2/h4,6,9,11,18H,3,5,7-8H2,1-2H3,(H3,16,17)(H,19,22);1-9H;2H,1H3. The fraction of sp³-hybridized carbons (Fsp3) is 0.310. The van der Waals surface area contributed by atoms with Gasteiger partial charge in [-0.05, 0) is 87.5 Å². The van der Waals surface area contributed by atoms with Gasteiger partial charge in [-0.25, -0.2) is 4.39 Å². The van der Waals surface area contributed by atoms with E-state index < -0.39 is 6.04 Å². The van der Waals surface area contributed by atoms with Crippen molar-refractivity contribution >= 4 is 35.3 Å². The number of ether oxygens (including phenoxy) is 1. The number of likely N-dealkylation sites (N-methyl/N-ethyl adjacent to an activating group) is 1. The summed E-state index contributed by atoms with van der Waals surface area (Å²) < 4.78 is 18.1. The molecule has 2 atom stereocenters. The lowest BCUT2D eigenvalue weighted by atomic mass is 10.2. The lowest BCUT2D eigenvalue weighted by Gasteiger charge is -2.27. The van der Waals surface area contributed by atoms with Crippen molar-refractivity contribution in [2.45, 2.75) is 38.4 Å². The molecule has 4 rings (SSSR count). The summed E-state index contributed by atoms with van der Waals surface area (Å²) in [6.45, 7) is 2.59. The molecule has 1 saturated heterocycles. The molecule has 2 aromatic carbocycles. The van der Waals surface area contributed by atoms with Crippen LogP contribution in [0.15, 0.2) is 60.7 Å². The van der Waals surface area contributed by atoms with Gasteiger partial charge in [-0.3, -0.25) is 19.8 Å². The number of nitrogen functional groups attached to an aromatic ring is 1. The molecule has 0 aliphatic carbocycles. The van der Waals surface area contributed by atoms with Crippen LogP contribution in [0.2, 0.25) is 0 Å². The number of nitrogens with two attached hydrogens (primary N) is 1. The number of nitrogens with one attached hydrogen (secondary N) is 3. The van der Waals surface area contributed by atoms with Gasteiger partial charge in [0.2, 0.25) is 11.8 Å². The Morgan fingerprint density at radius 2 is 1.71 bits per heavy atom. The first kappa shape index (κ1) is 33.1. The fourth-order valence-corrected chi connectivity index (χ4v) is 4.88. The van der Waals surface area contributed by atoms with Crippen LogP contribution in [0.1, 0.15) is 39.9 Å². The van der Waals surface area contributed by atoms with Crippen molar-refractivity contribution in [2.75, 3.05) is 20.7 Å². The number of benzene rings is 2. The second-order valence-electron chi connectivity index (χ2n) is 8.91. The van der Waals surface area contributed by atoms with Crippen LogP contribution in [0.25, 0.3) is 0 Å². The van der Waals surface area contributed by atoms with Gasteiger partial charge < -0.3 is 31.1 Å². The summed E-state index contributed by atoms with van der Waals surface area (Å²) in [6, 6.07) is 15.7. The Bertz CT molecular complexity index is 1280. The average molecular weight is 586 g/mol. The van der Waals surface area contributed by atoms with Crippen molar-refractivity contribution in [3.63, 3.8) is 0 Å². The van der Waals surface area contributed by atoms with E-state index >= 15 is 0 Å². The lowest BCUT2D eigenvalue weighted by molar-refractivity contribution is -0.139. The summed E-state index contributed by atoms with van der Waals surface area (Å²) in [5, 5.41) is 20.1. The predicted molar refractivity (Wildman–Crippen MR) is 157 cm³/mol. The molecule has 2 amide bonds. The summed E-state index contributed by atoms with van der Waals surface area (Å²) >= 11 is 1.39. The molecule has 2 unspecified atom stereocenters. The Morgan fingerprint density at radius 3 is 2.24 bits per heavy atom. The van der Waals surface area contributed by atoms with Crippen LogP contribution in [-0.2, 0) is 16.1 Å². The molecule has 0 spiro atoms. The van der Waals surface area contributed by atoms with Crippen LogP contribution in [0.3, 0.4) is 0 Å². The number of nitrogens with zero attached hydrogens (tertiary/aromatic N) is 1. The van der Waals surface area contributed by atoms with E-state index in [0.717, 1.165) is 24.7 Å². The van der Waals surface area contributed by atoms with E-state index in [-0.39, 0.29) is 36.1 Å². The second kappa shape index (κ2) is 16.9. The SMILES string of the molecule is CNCC(=O)N1C(C)CCC1C(=O)NCc1ccc(C(=N)N)s1.CO.O=Cc1ccc(Oc2ccc(F)cc2)cc1. The van der Waals surface area contributed by atoms with Crippen molar-refractivity contribution in [2.24, 2.45) is 5.73 Å². The number of likely N-dealkylation sites (tertiary alicyclic amines) is 1.